The third-order valence-corrected chi connectivity index (χ3v) is 4.88. The highest BCUT2D eigenvalue weighted by Crippen LogP contribution is 2.35. The van der Waals surface area contributed by atoms with Crippen LogP contribution in [0, 0.1) is 0 Å². The van der Waals surface area contributed by atoms with Crippen LogP contribution in [0.5, 0.6) is 0 Å². The van der Waals surface area contributed by atoms with Gasteiger partial charge >= 0.3 is 0 Å². The Morgan fingerprint density at radius 3 is 2.43 bits per heavy atom. The van der Waals surface area contributed by atoms with Gasteiger partial charge in [0.05, 0.1) is 21.6 Å². The zero-order chi connectivity index (χ0) is 19.5. The van der Waals surface area contributed by atoms with E-state index in [2.05, 4.69) is 49.9 Å². The molecule has 0 bridgehead atoms. The highest BCUT2D eigenvalue weighted by Gasteiger charge is 2.22. The van der Waals surface area contributed by atoms with Gasteiger partial charge in [0, 0.05) is 27.6 Å². The Morgan fingerprint density at radius 2 is 1.71 bits per heavy atom. The van der Waals surface area contributed by atoms with Crippen LogP contribution in [0.15, 0.2) is 76.8 Å². The van der Waals surface area contributed by atoms with Crippen LogP contribution in [0.1, 0.15) is 6.92 Å². The number of aryl methyl sites for hydroxylation is 1. The van der Waals surface area contributed by atoms with Gasteiger partial charge in [-0.2, -0.15) is 9.56 Å². The number of pyridine rings is 1. The van der Waals surface area contributed by atoms with Crippen LogP contribution in [0.2, 0.25) is 0 Å². The molecule has 4 aromatic rings. The molecule has 134 valence electrons. The van der Waals surface area contributed by atoms with Crippen molar-refractivity contribution in [2.45, 2.75) is 13.5 Å². The van der Waals surface area contributed by atoms with E-state index in [1.807, 2.05) is 48.5 Å². The van der Waals surface area contributed by atoms with Gasteiger partial charge in [0.15, 0.2) is 0 Å². The SMILES string of the molecule is CC[n+]1c(-c2ccccc2)c2cc(N=[N+]=[N-])ccc2c2ccc(N=C=S)cc21. The van der Waals surface area contributed by atoms with Crippen LogP contribution in [0.3, 0.4) is 0 Å². The minimum Gasteiger partial charge on any atom is -0.194 e. The van der Waals surface area contributed by atoms with E-state index < -0.39 is 0 Å². The number of hydrogen-bond donors (Lipinski definition) is 0. The Hall–Kier alpha value is -3.56. The normalized spacial score (nSPS) is 10.5. The predicted molar refractivity (Wildman–Crippen MR) is 116 cm³/mol. The van der Waals surface area contributed by atoms with Crippen molar-refractivity contribution < 1.29 is 4.57 Å². The zero-order valence-electron chi connectivity index (χ0n) is 15.2. The molecule has 0 atom stereocenters. The van der Waals surface area contributed by atoms with Crippen LogP contribution in [-0.2, 0) is 6.54 Å². The Bertz CT molecular complexity index is 1300. The van der Waals surface area contributed by atoms with E-state index in [-0.39, 0.29) is 0 Å². The number of thiocarbonyl (C=S) groups is 1. The summed E-state index contributed by atoms with van der Waals surface area (Å²) in [7, 11) is 0. The van der Waals surface area contributed by atoms with Crippen molar-refractivity contribution in [1.82, 2.24) is 0 Å². The second-order valence-corrected chi connectivity index (χ2v) is 6.47. The molecule has 0 spiro atoms. The molecule has 1 aromatic heterocycles. The minimum atomic E-state index is 0.594. The van der Waals surface area contributed by atoms with Gasteiger partial charge in [0.1, 0.15) is 6.54 Å². The molecule has 0 saturated heterocycles. The summed E-state index contributed by atoms with van der Waals surface area (Å²) >= 11 is 4.77. The number of nitrogens with zero attached hydrogens (tertiary/aromatic N) is 5. The summed E-state index contributed by atoms with van der Waals surface area (Å²) in [4.78, 5) is 7.09. The molecule has 6 heteroatoms. The van der Waals surface area contributed by atoms with E-state index in [1.165, 1.54) is 0 Å². The number of aliphatic imine (C=N–C) groups is 1. The molecule has 0 unspecified atom stereocenters. The molecule has 4 rings (SSSR count). The van der Waals surface area contributed by atoms with Gasteiger partial charge in [-0.25, -0.2) is 0 Å². The Labute approximate surface area is 167 Å². The number of fused-ring (bicyclic) bond motifs is 3. The minimum absolute atomic E-state index is 0.594. The molecule has 0 aliphatic heterocycles. The number of azide groups is 1. The molecular weight excluding hydrogens is 366 g/mol. The summed E-state index contributed by atoms with van der Waals surface area (Å²) in [6.45, 7) is 2.89. The highest BCUT2D eigenvalue weighted by molar-refractivity contribution is 7.78. The molecule has 0 radical (unpaired) electrons. The molecular formula is C22H16N5S+. The summed E-state index contributed by atoms with van der Waals surface area (Å²) in [5.41, 5.74) is 13.5. The van der Waals surface area contributed by atoms with Crippen molar-refractivity contribution in [2.75, 3.05) is 0 Å². The Balaban J connectivity index is 2.23. The number of isothiocyanates is 1. The summed E-state index contributed by atoms with van der Waals surface area (Å²) in [6.07, 6.45) is 0. The highest BCUT2D eigenvalue weighted by atomic mass is 32.1. The van der Waals surface area contributed by atoms with E-state index in [0.29, 0.717) is 5.69 Å². The van der Waals surface area contributed by atoms with Crippen LogP contribution >= 0.6 is 12.2 Å². The lowest BCUT2D eigenvalue weighted by molar-refractivity contribution is -0.655. The molecule has 1 heterocycles. The lowest BCUT2D eigenvalue weighted by Gasteiger charge is -2.12. The van der Waals surface area contributed by atoms with Crippen molar-refractivity contribution in [1.29, 1.82) is 0 Å². The monoisotopic (exact) mass is 382 g/mol. The van der Waals surface area contributed by atoms with Gasteiger partial charge in [-0.1, -0.05) is 35.4 Å². The van der Waals surface area contributed by atoms with Gasteiger partial charge in [-0.15, -0.1) is 0 Å². The molecule has 5 nitrogen and oxygen atoms in total. The number of hydrogen-bond acceptors (Lipinski definition) is 3. The van der Waals surface area contributed by atoms with Crippen molar-refractivity contribution in [2.24, 2.45) is 10.1 Å². The van der Waals surface area contributed by atoms with E-state index in [1.54, 1.807) is 0 Å². The maximum absolute atomic E-state index is 8.86. The van der Waals surface area contributed by atoms with Gasteiger partial charge in [-0.3, -0.25) is 0 Å². The average molecular weight is 382 g/mol. The molecule has 28 heavy (non-hydrogen) atoms. The first-order valence-corrected chi connectivity index (χ1v) is 9.29. The second kappa shape index (κ2) is 7.59. The van der Waals surface area contributed by atoms with Gasteiger partial charge in [0.25, 0.3) is 0 Å². The molecule has 0 amide bonds. The summed E-state index contributed by atoms with van der Waals surface area (Å²) in [6, 6.07) is 22.1. The van der Waals surface area contributed by atoms with Crippen LogP contribution in [-0.4, -0.2) is 5.16 Å². The van der Waals surface area contributed by atoms with Gasteiger partial charge in [-0.05, 0) is 55.0 Å². The molecule has 0 aliphatic carbocycles. The third-order valence-electron chi connectivity index (χ3n) is 4.79. The average Bonchev–Trinajstić information content (AvgIpc) is 2.73. The lowest BCUT2D eigenvalue weighted by atomic mass is 9.98. The Morgan fingerprint density at radius 1 is 0.964 bits per heavy atom. The first-order valence-electron chi connectivity index (χ1n) is 8.88. The molecule has 0 saturated carbocycles. The summed E-state index contributed by atoms with van der Waals surface area (Å²) in [5, 5.41) is 9.48. The number of aromatic nitrogens is 1. The Kier molecular flexibility index (Phi) is 4.83. The summed E-state index contributed by atoms with van der Waals surface area (Å²) in [5.74, 6) is 0. The fraction of sp³-hybridized carbons (Fsp3) is 0.0909. The van der Waals surface area contributed by atoms with E-state index >= 15 is 0 Å². The van der Waals surface area contributed by atoms with Crippen LogP contribution < -0.4 is 4.57 Å². The van der Waals surface area contributed by atoms with Crippen LogP contribution in [0.25, 0.3) is 43.4 Å². The van der Waals surface area contributed by atoms with Crippen LogP contribution in [0.4, 0.5) is 11.4 Å². The first kappa shape index (κ1) is 17.8. The van der Waals surface area contributed by atoms with Crippen molar-refractivity contribution in [3.63, 3.8) is 0 Å². The zero-order valence-corrected chi connectivity index (χ0v) is 16.0. The summed E-state index contributed by atoms with van der Waals surface area (Å²) < 4.78 is 2.26. The van der Waals surface area contributed by atoms with Crippen molar-refractivity contribution in [3.8, 4) is 11.3 Å². The molecule has 0 N–H and O–H groups in total. The van der Waals surface area contributed by atoms with Crippen molar-refractivity contribution in [3.05, 3.63) is 77.2 Å². The van der Waals surface area contributed by atoms with Gasteiger partial charge in [0.2, 0.25) is 11.2 Å². The van der Waals surface area contributed by atoms with E-state index in [4.69, 9.17) is 17.7 Å². The fourth-order valence-corrected chi connectivity index (χ4v) is 3.78. The first-order chi connectivity index (χ1) is 13.8. The number of benzene rings is 3. The largest absolute Gasteiger partial charge is 0.220 e. The standard InChI is InChI=1S/C22H16N5S/c1-2-27-21-13-16(24-14-28)8-11-19(21)18-10-9-17(25-26-23)12-20(18)22(27)15-6-4-3-5-7-15/h3-13H,2H2,1H3/q+1. The predicted octanol–water partition coefficient (Wildman–Crippen LogP) is 6.64. The smallest absolute Gasteiger partial charge is 0.194 e. The fourth-order valence-electron chi connectivity index (χ4n) is 3.67. The lowest BCUT2D eigenvalue weighted by Crippen LogP contribution is -2.36. The topological polar surface area (TPSA) is 65.0 Å². The number of rotatable bonds is 4. The quantitative estimate of drug-likeness (QED) is 0.0741. The maximum atomic E-state index is 8.86. The molecule has 0 fully saturated rings. The van der Waals surface area contributed by atoms with Gasteiger partial charge < -0.3 is 0 Å². The van der Waals surface area contributed by atoms with E-state index in [0.717, 1.165) is 45.2 Å². The molecule has 3 aromatic carbocycles. The third kappa shape index (κ3) is 3.02. The maximum Gasteiger partial charge on any atom is 0.220 e. The van der Waals surface area contributed by atoms with Crippen molar-refractivity contribution >= 4 is 50.4 Å². The van der Waals surface area contributed by atoms with E-state index in [9.17, 15) is 0 Å². The molecule has 0 aliphatic rings. The second-order valence-electron chi connectivity index (χ2n) is 6.28.